The number of aliphatic hydroxyl groups is 1. The number of benzene rings is 2. The second-order valence-electron chi connectivity index (χ2n) is 6.98. The Kier molecular flexibility index (Phi) is 7.36. The minimum absolute atomic E-state index is 0.0136. The summed E-state index contributed by atoms with van der Waals surface area (Å²) in [5, 5.41) is 12.0. The minimum atomic E-state index is -6.10. The van der Waals surface area contributed by atoms with Crippen LogP contribution in [0.25, 0.3) is 11.1 Å². The largest absolute Gasteiger partial charge is 0.430 e. The maximum absolute atomic E-state index is 14.4. The van der Waals surface area contributed by atoms with E-state index in [9.17, 15) is 40.6 Å². The van der Waals surface area contributed by atoms with Crippen molar-refractivity contribution in [2.75, 3.05) is 5.32 Å². The first-order valence-corrected chi connectivity index (χ1v) is 9.37. The molecule has 0 saturated carbocycles. The van der Waals surface area contributed by atoms with Crippen LogP contribution in [0, 0.1) is 5.82 Å². The number of hydrogen-bond acceptors (Lipinski definition) is 2. The second-order valence-corrected chi connectivity index (χ2v) is 6.98. The summed E-state index contributed by atoms with van der Waals surface area (Å²) in [6.07, 6.45) is -9.30. The van der Waals surface area contributed by atoms with E-state index in [1.165, 1.54) is 24.3 Å². The van der Waals surface area contributed by atoms with E-state index in [0.717, 1.165) is 25.3 Å². The number of carbonyl (C=O) groups is 1. The molecule has 0 atom stereocenters. The lowest BCUT2D eigenvalue weighted by Gasteiger charge is -2.32. The van der Waals surface area contributed by atoms with Gasteiger partial charge in [0.1, 0.15) is 5.82 Å². The first-order chi connectivity index (χ1) is 14.3. The van der Waals surface area contributed by atoms with Crippen LogP contribution >= 0.6 is 0 Å². The normalized spacial score (nSPS) is 12.7. The number of rotatable bonds is 7. The zero-order valence-corrected chi connectivity index (χ0v) is 16.4. The summed E-state index contributed by atoms with van der Waals surface area (Å²) in [5.41, 5.74) is -6.58. The van der Waals surface area contributed by atoms with Crippen LogP contribution in [0.3, 0.4) is 0 Å². The Balaban J connectivity index is 2.27. The fourth-order valence-corrected chi connectivity index (χ4v) is 2.95. The monoisotopic (exact) mass is 451 g/mol. The Morgan fingerprint density at radius 2 is 1.52 bits per heavy atom. The molecular weight excluding hydrogens is 431 g/mol. The van der Waals surface area contributed by atoms with Crippen LogP contribution in [0.4, 0.5) is 36.4 Å². The molecule has 31 heavy (non-hydrogen) atoms. The summed E-state index contributed by atoms with van der Waals surface area (Å²) in [4.78, 5) is 11.8. The number of hydrogen-bond donors (Lipinski definition) is 2. The first-order valence-electron chi connectivity index (χ1n) is 9.37. The molecule has 0 aromatic heterocycles. The Bertz CT molecular complexity index is 891. The van der Waals surface area contributed by atoms with Gasteiger partial charge in [-0.3, -0.25) is 4.79 Å². The summed E-state index contributed by atoms with van der Waals surface area (Å²) in [7, 11) is 0. The standard InChI is InChI=1S/C21H20F7NO2/c1-2-3-4-5-18(30)29-15-9-6-13(7-10-15)16-11-8-14(12-17(16)22)19(31,20(23,24)25)21(26,27)28/h6-12,31H,2-5H2,1H3,(H,29,30). The lowest BCUT2D eigenvalue weighted by atomic mass is 9.90. The smallest absolute Gasteiger partial charge is 0.369 e. The van der Waals surface area contributed by atoms with Crippen molar-refractivity contribution in [3.63, 3.8) is 0 Å². The van der Waals surface area contributed by atoms with Crippen molar-refractivity contribution in [2.45, 2.75) is 50.6 Å². The number of alkyl halides is 6. The van der Waals surface area contributed by atoms with Gasteiger partial charge >= 0.3 is 12.4 Å². The van der Waals surface area contributed by atoms with E-state index in [1.54, 1.807) is 0 Å². The molecule has 3 nitrogen and oxygen atoms in total. The summed E-state index contributed by atoms with van der Waals surface area (Å²) < 4.78 is 92.2. The van der Waals surface area contributed by atoms with Gasteiger partial charge in [-0.2, -0.15) is 26.3 Å². The van der Waals surface area contributed by atoms with Crippen molar-refractivity contribution in [1.82, 2.24) is 0 Å². The first kappa shape index (κ1) is 24.6. The van der Waals surface area contributed by atoms with Gasteiger partial charge in [0.25, 0.3) is 5.60 Å². The summed E-state index contributed by atoms with van der Waals surface area (Å²) in [6.45, 7) is 2.00. The van der Waals surface area contributed by atoms with Crippen LogP contribution < -0.4 is 5.32 Å². The molecule has 0 fully saturated rings. The highest BCUT2D eigenvalue weighted by molar-refractivity contribution is 5.91. The fourth-order valence-electron chi connectivity index (χ4n) is 2.95. The van der Waals surface area contributed by atoms with E-state index in [-0.39, 0.29) is 23.1 Å². The zero-order chi connectivity index (χ0) is 23.4. The quantitative estimate of drug-likeness (QED) is 0.382. The number of anilines is 1. The van der Waals surface area contributed by atoms with Crippen LogP contribution in [-0.2, 0) is 10.4 Å². The molecule has 170 valence electrons. The molecule has 0 radical (unpaired) electrons. The zero-order valence-electron chi connectivity index (χ0n) is 16.4. The average molecular weight is 451 g/mol. The molecule has 2 aromatic rings. The topological polar surface area (TPSA) is 49.3 Å². The van der Waals surface area contributed by atoms with Crippen LogP contribution in [-0.4, -0.2) is 23.4 Å². The van der Waals surface area contributed by atoms with E-state index in [2.05, 4.69) is 5.32 Å². The molecule has 2 N–H and O–H groups in total. The molecule has 0 aliphatic rings. The van der Waals surface area contributed by atoms with Crippen molar-refractivity contribution in [3.05, 3.63) is 53.8 Å². The molecule has 0 saturated heterocycles. The summed E-state index contributed by atoms with van der Waals surface area (Å²) in [5.74, 6) is -1.59. The average Bonchev–Trinajstić information content (AvgIpc) is 2.66. The van der Waals surface area contributed by atoms with Gasteiger partial charge in [0.2, 0.25) is 5.91 Å². The van der Waals surface area contributed by atoms with Crippen molar-refractivity contribution in [3.8, 4) is 11.1 Å². The number of unbranched alkanes of at least 4 members (excludes halogenated alkanes) is 2. The van der Waals surface area contributed by atoms with E-state index < -0.39 is 29.3 Å². The molecule has 10 heteroatoms. The van der Waals surface area contributed by atoms with E-state index in [0.29, 0.717) is 18.2 Å². The number of nitrogens with one attached hydrogen (secondary N) is 1. The third-order valence-corrected chi connectivity index (χ3v) is 4.69. The van der Waals surface area contributed by atoms with E-state index >= 15 is 0 Å². The van der Waals surface area contributed by atoms with Gasteiger partial charge in [-0.05, 0) is 30.2 Å². The second kappa shape index (κ2) is 9.25. The van der Waals surface area contributed by atoms with Crippen molar-refractivity contribution in [2.24, 2.45) is 0 Å². The molecule has 2 aromatic carbocycles. The molecule has 1 amide bonds. The molecule has 0 spiro atoms. The van der Waals surface area contributed by atoms with Crippen LogP contribution in [0.2, 0.25) is 0 Å². The Hall–Kier alpha value is -2.62. The van der Waals surface area contributed by atoms with E-state index in [4.69, 9.17) is 0 Å². The Morgan fingerprint density at radius 1 is 0.935 bits per heavy atom. The van der Waals surface area contributed by atoms with Gasteiger partial charge in [-0.1, -0.05) is 44.0 Å². The molecular formula is C21H20F7NO2. The van der Waals surface area contributed by atoms with Gasteiger partial charge in [-0.15, -0.1) is 0 Å². The molecule has 0 aliphatic heterocycles. The maximum atomic E-state index is 14.4. The van der Waals surface area contributed by atoms with Crippen LogP contribution in [0.1, 0.15) is 38.2 Å². The predicted molar refractivity (Wildman–Crippen MR) is 101 cm³/mol. The molecule has 0 bridgehead atoms. The van der Waals surface area contributed by atoms with Gasteiger partial charge in [0.05, 0.1) is 0 Å². The van der Waals surface area contributed by atoms with Crippen LogP contribution in [0.15, 0.2) is 42.5 Å². The lowest BCUT2D eigenvalue weighted by Crippen LogP contribution is -2.53. The van der Waals surface area contributed by atoms with Crippen molar-refractivity contribution in [1.29, 1.82) is 0 Å². The van der Waals surface area contributed by atoms with Gasteiger partial charge < -0.3 is 10.4 Å². The minimum Gasteiger partial charge on any atom is -0.369 e. The van der Waals surface area contributed by atoms with Gasteiger partial charge in [-0.25, -0.2) is 4.39 Å². The Labute approximate surface area is 173 Å². The highest BCUT2D eigenvalue weighted by Crippen LogP contribution is 2.50. The molecule has 0 heterocycles. The summed E-state index contributed by atoms with van der Waals surface area (Å²) in [6, 6.07) is 6.71. The number of amides is 1. The fraction of sp³-hybridized carbons (Fsp3) is 0.381. The number of halogens is 7. The van der Waals surface area contributed by atoms with Gasteiger partial charge in [0.15, 0.2) is 0 Å². The number of carbonyl (C=O) groups excluding carboxylic acids is 1. The molecule has 0 aliphatic carbocycles. The van der Waals surface area contributed by atoms with Gasteiger partial charge in [0, 0.05) is 23.2 Å². The third-order valence-electron chi connectivity index (χ3n) is 4.69. The van der Waals surface area contributed by atoms with E-state index in [1.807, 2.05) is 6.92 Å². The van der Waals surface area contributed by atoms with Crippen molar-refractivity contribution < 1.29 is 40.6 Å². The summed E-state index contributed by atoms with van der Waals surface area (Å²) >= 11 is 0. The SMILES string of the molecule is CCCCCC(=O)Nc1ccc(-c2ccc(C(O)(C(F)(F)F)C(F)(F)F)cc2F)cc1. The lowest BCUT2D eigenvalue weighted by molar-refractivity contribution is -0.376. The van der Waals surface area contributed by atoms with Crippen LogP contribution in [0.5, 0.6) is 0 Å². The predicted octanol–water partition coefficient (Wildman–Crippen LogP) is 6.32. The highest BCUT2D eigenvalue weighted by Gasteiger charge is 2.71. The highest BCUT2D eigenvalue weighted by atomic mass is 19.4. The molecule has 0 unspecified atom stereocenters. The maximum Gasteiger partial charge on any atom is 0.430 e. The van der Waals surface area contributed by atoms with Crippen molar-refractivity contribution >= 4 is 11.6 Å². The third kappa shape index (κ3) is 5.36. The molecule has 2 rings (SSSR count). The Morgan fingerprint density at radius 3 is 2.00 bits per heavy atom.